The number of hydrogen-bond acceptors (Lipinski definition) is 3. The highest BCUT2D eigenvalue weighted by Gasteiger charge is 2.31. The number of carbonyl (C=O) groups excluding carboxylic acids is 2. The summed E-state index contributed by atoms with van der Waals surface area (Å²) in [6.45, 7) is 7.71. The standard InChI is InChI=1S/C24H29Cl2FN2O2S/c1-5-21(23(31)28-24(2,3)4)29(13-16-10-11-18(25)12-19(16)26)22(30)15-32-14-17-8-6-7-9-20(17)27/h6-12,21H,5,13-15H2,1-4H3,(H,28,31). The number of halogens is 3. The number of hydrogen-bond donors (Lipinski definition) is 1. The Morgan fingerprint density at radius 2 is 1.81 bits per heavy atom. The van der Waals surface area contributed by atoms with E-state index in [-0.39, 0.29) is 29.9 Å². The minimum atomic E-state index is -0.664. The molecule has 1 unspecified atom stereocenters. The molecule has 8 heteroatoms. The Bertz CT molecular complexity index is 950. The van der Waals surface area contributed by atoms with E-state index < -0.39 is 11.6 Å². The van der Waals surface area contributed by atoms with Crippen LogP contribution in [-0.4, -0.2) is 34.0 Å². The Labute approximate surface area is 203 Å². The molecule has 0 saturated carbocycles. The number of benzene rings is 2. The monoisotopic (exact) mass is 498 g/mol. The van der Waals surface area contributed by atoms with Crippen molar-refractivity contribution >= 4 is 46.8 Å². The van der Waals surface area contributed by atoms with Gasteiger partial charge in [0.05, 0.1) is 5.75 Å². The van der Waals surface area contributed by atoms with Crippen LogP contribution in [-0.2, 0) is 21.9 Å². The fourth-order valence-electron chi connectivity index (χ4n) is 3.15. The fourth-order valence-corrected chi connectivity index (χ4v) is 4.52. The second-order valence-electron chi connectivity index (χ2n) is 8.50. The number of thioether (sulfide) groups is 1. The third-order valence-corrected chi connectivity index (χ3v) is 6.23. The van der Waals surface area contributed by atoms with Gasteiger partial charge in [0.15, 0.2) is 0 Å². The Hall–Kier alpha value is -1.76. The molecule has 0 radical (unpaired) electrons. The lowest BCUT2D eigenvalue weighted by Crippen LogP contribution is -2.53. The SMILES string of the molecule is CCC(C(=O)NC(C)(C)C)N(Cc1ccc(Cl)cc1Cl)C(=O)CSCc1ccccc1F. The highest BCUT2D eigenvalue weighted by Crippen LogP contribution is 2.25. The maximum absolute atomic E-state index is 13.9. The summed E-state index contributed by atoms with van der Waals surface area (Å²) in [6, 6.07) is 10.9. The predicted octanol–water partition coefficient (Wildman–Crippen LogP) is 6.09. The summed E-state index contributed by atoms with van der Waals surface area (Å²) >= 11 is 13.7. The van der Waals surface area contributed by atoms with Gasteiger partial charge in [0.1, 0.15) is 11.9 Å². The Morgan fingerprint density at radius 3 is 2.41 bits per heavy atom. The third-order valence-electron chi connectivity index (χ3n) is 4.68. The van der Waals surface area contributed by atoms with Gasteiger partial charge in [-0.3, -0.25) is 9.59 Å². The van der Waals surface area contributed by atoms with Crippen molar-refractivity contribution < 1.29 is 14.0 Å². The zero-order valence-corrected chi connectivity index (χ0v) is 21.1. The van der Waals surface area contributed by atoms with Gasteiger partial charge in [-0.1, -0.05) is 54.4 Å². The molecule has 32 heavy (non-hydrogen) atoms. The first kappa shape index (κ1) is 26.5. The van der Waals surface area contributed by atoms with Crippen molar-refractivity contribution in [1.29, 1.82) is 0 Å². The molecule has 1 atom stereocenters. The summed E-state index contributed by atoms with van der Waals surface area (Å²) in [5, 5.41) is 3.89. The van der Waals surface area contributed by atoms with Crippen LogP contribution in [0.25, 0.3) is 0 Å². The maximum atomic E-state index is 13.9. The van der Waals surface area contributed by atoms with E-state index in [2.05, 4.69) is 5.32 Å². The van der Waals surface area contributed by atoms with Crippen molar-refractivity contribution in [2.75, 3.05) is 5.75 Å². The first-order valence-corrected chi connectivity index (χ1v) is 12.3. The van der Waals surface area contributed by atoms with Gasteiger partial charge in [0.25, 0.3) is 0 Å². The number of amides is 2. The van der Waals surface area contributed by atoms with E-state index in [1.54, 1.807) is 41.3 Å². The molecule has 2 rings (SSSR count). The van der Waals surface area contributed by atoms with Crippen LogP contribution in [0, 0.1) is 5.82 Å². The predicted molar refractivity (Wildman–Crippen MR) is 132 cm³/mol. The molecule has 0 spiro atoms. The van der Waals surface area contributed by atoms with Crippen LogP contribution in [0.1, 0.15) is 45.2 Å². The van der Waals surface area contributed by atoms with Crippen molar-refractivity contribution in [2.45, 2.75) is 58.0 Å². The summed E-state index contributed by atoms with van der Waals surface area (Å²) in [6.07, 6.45) is 0.441. The van der Waals surface area contributed by atoms with Crippen LogP contribution in [0.3, 0.4) is 0 Å². The van der Waals surface area contributed by atoms with Crippen LogP contribution in [0.5, 0.6) is 0 Å². The zero-order chi connectivity index (χ0) is 23.9. The van der Waals surface area contributed by atoms with E-state index in [0.717, 1.165) is 0 Å². The highest BCUT2D eigenvalue weighted by atomic mass is 35.5. The summed E-state index contributed by atoms with van der Waals surface area (Å²) in [5.41, 5.74) is 0.803. The van der Waals surface area contributed by atoms with E-state index in [0.29, 0.717) is 33.3 Å². The van der Waals surface area contributed by atoms with E-state index >= 15 is 0 Å². The number of nitrogens with zero attached hydrogens (tertiary/aromatic N) is 1. The summed E-state index contributed by atoms with van der Waals surface area (Å²) in [5.74, 6) is -0.267. The lowest BCUT2D eigenvalue weighted by atomic mass is 10.1. The second kappa shape index (κ2) is 11.9. The van der Waals surface area contributed by atoms with Crippen LogP contribution in [0.15, 0.2) is 42.5 Å². The Balaban J connectivity index is 2.22. The second-order valence-corrected chi connectivity index (χ2v) is 10.3. The molecule has 4 nitrogen and oxygen atoms in total. The van der Waals surface area contributed by atoms with Gasteiger partial charge in [-0.15, -0.1) is 11.8 Å². The quantitative estimate of drug-likeness (QED) is 0.455. The highest BCUT2D eigenvalue weighted by molar-refractivity contribution is 7.99. The summed E-state index contributed by atoms with van der Waals surface area (Å²) in [7, 11) is 0. The largest absolute Gasteiger partial charge is 0.350 e. The average Bonchev–Trinajstić information content (AvgIpc) is 2.69. The molecule has 0 aliphatic rings. The van der Waals surface area contributed by atoms with Gasteiger partial charge >= 0.3 is 0 Å². The van der Waals surface area contributed by atoms with E-state index in [1.165, 1.54) is 17.8 Å². The van der Waals surface area contributed by atoms with Crippen LogP contribution in [0.2, 0.25) is 10.0 Å². The van der Waals surface area contributed by atoms with Gasteiger partial charge in [0.2, 0.25) is 11.8 Å². The van der Waals surface area contributed by atoms with Gasteiger partial charge in [-0.05, 0) is 56.5 Å². The van der Waals surface area contributed by atoms with E-state index in [4.69, 9.17) is 23.2 Å². The molecule has 0 fully saturated rings. The molecule has 0 aliphatic carbocycles. The van der Waals surface area contributed by atoms with Gasteiger partial charge in [-0.25, -0.2) is 4.39 Å². The summed E-state index contributed by atoms with van der Waals surface area (Å²) in [4.78, 5) is 27.8. The molecule has 0 aromatic heterocycles. The van der Waals surface area contributed by atoms with Crippen molar-refractivity contribution in [3.05, 3.63) is 69.5 Å². The number of rotatable bonds is 9. The van der Waals surface area contributed by atoms with Crippen molar-refractivity contribution in [1.82, 2.24) is 10.2 Å². The molecule has 2 aromatic carbocycles. The molecule has 2 aromatic rings. The molecule has 174 valence electrons. The lowest BCUT2D eigenvalue weighted by Gasteiger charge is -2.33. The molecule has 0 heterocycles. The Kier molecular flexibility index (Phi) is 9.86. The van der Waals surface area contributed by atoms with E-state index in [1.807, 2.05) is 27.7 Å². The normalized spacial score (nSPS) is 12.3. The molecular weight excluding hydrogens is 470 g/mol. The van der Waals surface area contributed by atoms with Crippen molar-refractivity contribution in [2.24, 2.45) is 0 Å². The first-order chi connectivity index (χ1) is 15.0. The maximum Gasteiger partial charge on any atom is 0.243 e. The lowest BCUT2D eigenvalue weighted by molar-refractivity contribution is -0.140. The van der Waals surface area contributed by atoms with Crippen LogP contribution in [0.4, 0.5) is 4.39 Å². The topological polar surface area (TPSA) is 49.4 Å². The third kappa shape index (κ3) is 7.98. The van der Waals surface area contributed by atoms with Crippen molar-refractivity contribution in [3.8, 4) is 0 Å². The average molecular weight is 499 g/mol. The molecule has 1 N–H and O–H groups in total. The zero-order valence-electron chi connectivity index (χ0n) is 18.8. The minimum Gasteiger partial charge on any atom is -0.350 e. The molecule has 0 saturated heterocycles. The molecule has 0 aliphatic heterocycles. The molecule has 0 bridgehead atoms. The number of nitrogens with one attached hydrogen (secondary N) is 1. The number of carbonyl (C=O) groups is 2. The summed E-state index contributed by atoms with van der Waals surface area (Å²) < 4.78 is 13.9. The van der Waals surface area contributed by atoms with Gasteiger partial charge in [0, 0.05) is 27.9 Å². The van der Waals surface area contributed by atoms with Gasteiger partial charge < -0.3 is 10.2 Å². The van der Waals surface area contributed by atoms with Crippen molar-refractivity contribution in [3.63, 3.8) is 0 Å². The van der Waals surface area contributed by atoms with Crippen LogP contribution >= 0.6 is 35.0 Å². The van der Waals surface area contributed by atoms with Gasteiger partial charge in [-0.2, -0.15) is 0 Å². The molecular formula is C24H29Cl2FN2O2S. The first-order valence-electron chi connectivity index (χ1n) is 10.4. The molecule has 2 amide bonds. The smallest absolute Gasteiger partial charge is 0.243 e. The van der Waals surface area contributed by atoms with Crippen LogP contribution < -0.4 is 5.32 Å². The van der Waals surface area contributed by atoms with E-state index in [9.17, 15) is 14.0 Å². The Morgan fingerprint density at radius 1 is 1.12 bits per heavy atom. The minimum absolute atomic E-state index is 0.110. The fraction of sp³-hybridized carbons (Fsp3) is 0.417.